The number of carbonyl (C=O) groups excluding carboxylic acids is 1. The highest BCUT2D eigenvalue weighted by molar-refractivity contribution is 5.78. The number of carbonyl (C=O) groups is 1. The molecule has 0 spiro atoms. The summed E-state index contributed by atoms with van der Waals surface area (Å²) >= 11 is 0. The summed E-state index contributed by atoms with van der Waals surface area (Å²) in [7, 11) is 0. The Labute approximate surface area is 252 Å². The van der Waals surface area contributed by atoms with Crippen molar-refractivity contribution in [2.24, 2.45) is 0 Å². The molecule has 43 heavy (non-hydrogen) atoms. The molecule has 7 nitrogen and oxygen atoms in total. The maximum Gasteiger partial charge on any atom is 0.409 e. The van der Waals surface area contributed by atoms with Gasteiger partial charge in [-0.1, -0.05) is 91.0 Å². The summed E-state index contributed by atoms with van der Waals surface area (Å²) in [5.41, 5.74) is 5.07. The summed E-state index contributed by atoms with van der Waals surface area (Å²) in [6.07, 6.45) is 1.10. The van der Waals surface area contributed by atoms with E-state index in [4.69, 9.17) is 4.74 Å². The Bertz CT molecular complexity index is 1650. The number of amides is 1. The number of imidazole rings is 1. The van der Waals surface area contributed by atoms with Gasteiger partial charge in [-0.25, -0.2) is 9.59 Å². The van der Waals surface area contributed by atoms with Crippen molar-refractivity contribution >= 4 is 17.1 Å². The Balaban J connectivity index is 1.10. The molecule has 0 unspecified atom stereocenters. The molecule has 1 amide bonds. The Morgan fingerprint density at radius 3 is 1.86 bits per heavy atom. The minimum atomic E-state index is -0.288. The molecule has 1 aromatic heterocycles. The van der Waals surface area contributed by atoms with E-state index in [9.17, 15) is 9.59 Å². The fourth-order valence-corrected chi connectivity index (χ4v) is 6.05. The van der Waals surface area contributed by atoms with Crippen molar-refractivity contribution in [3.63, 3.8) is 0 Å². The van der Waals surface area contributed by atoms with Crippen molar-refractivity contribution in [3.8, 4) is 5.69 Å². The molecule has 2 heterocycles. The highest BCUT2D eigenvalue weighted by atomic mass is 16.6. The van der Waals surface area contributed by atoms with Gasteiger partial charge in [-0.15, -0.1) is 0 Å². The molecule has 7 heteroatoms. The van der Waals surface area contributed by atoms with E-state index in [0.29, 0.717) is 32.5 Å². The van der Waals surface area contributed by atoms with E-state index in [1.54, 1.807) is 9.47 Å². The van der Waals surface area contributed by atoms with Crippen molar-refractivity contribution in [3.05, 3.63) is 137 Å². The second kappa shape index (κ2) is 13.1. The van der Waals surface area contributed by atoms with Gasteiger partial charge in [-0.3, -0.25) is 14.0 Å². The largest absolute Gasteiger partial charge is 0.448 e. The molecule has 0 N–H and O–H groups in total. The molecule has 1 aliphatic heterocycles. The van der Waals surface area contributed by atoms with Crippen LogP contribution >= 0.6 is 0 Å². The quantitative estimate of drug-likeness (QED) is 0.198. The summed E-state index contributed by atoms with van der Waals surface area (Å²) in [5, 5.41) is 0. The minimum Gasteiger partial charge on any atom is -0.448 e. The first-order chi connectivity index (χ1) is 21.1. The number of hydrogen-bond donors (Lipinski definition) is 0. The van der Waals surface area contributed by atoms with Gasteiger partial charge in [0, 0.05) is 38.3 Å². The Hall–Kier alpha value is -4.62. The van der Waals surface area contributed by atoms with Gasteiger partial charge in [-0.2, -0.15) is 0 Å². The van der Waals surface area contributed by atoms with Crippen LogP contribution in [0.15, 0.2) is 120 Å². The van der Waals surface area contributed by atoms with Gasteiger partial charge < -0.3 is 9.64 Å². The first kappa shape index (κ1) is 28.5. The standard InChI is InChI=1S/C36H38N4O3/c1-28(38(25-29-13-5-2-6-14-29)26-30-15-7-3-8-16-30)27-43-36(42)37-23-21-32(22-24-37)40-34-20-12-11-19-33(34)39(35(40)41)31-17-9-4-10-18-31/h2-20,28,32H,21-27H2,1H3/t28-/m0/s1. The van der Waals surface area contributed by atoms with Crippen LogP contribution in [0.1, 0.15) is 36.9 Å². The SMILES string of the molecule is C[C@@H](COC(=O)N1CCC(n2c(=O)n(-c3ccccc3)c3ccccc32)CC1)N(Cc1ccccc1)Cc1ccccc1. The van der Waals surface area contributed by atoms with Gasteiger partial charge in [0.25, 0.3) is 0 Å². The van der Waals surface area contributed by atoms with Gasteiger partial charge >= 0.3 is 11.8 Å². The molecule has 0 radical (unpaired) electrons. The number of piperidine rings is 1. The lowest BCUT2D eigenvalue weighted by molar-refractivity contribution is 0.0567. The highest BCUT2D eigenvalue weighted by Crippen LogP contribution is 2.27. The first-order valence-electron chi connectivity index (χ1n) is 15.1. The molecular formula is C36H38N4O3. The third-order valence-electron chi connectivity index (χ3n) is 8.41. The zero-order valence-electron chi connectivity index (χ0n) is 24.6. The average Bonchev–Trinajstić information content (AvgIpc) is 3.36. The fourth-order valence-electron chi connectivity index (χ4n) is 6.05. The molecule has 0 saturated carbocycles. The van der Waals surface area contributed by atoms with E-state index in [0.717, 1.165) is 29.8 Å². The fraction of sp³-hybridized carbons (Fsp3) is 0.278. The van der Waals surface area contributed by atoms with E-state index in [1.165, 1.54) is 11.1 Å². The topological polar surface area (TPSA) is 59.7 Å². The third-order valence-corrected chi connectivity index (χ3v) is 8.41. The summed E-state index contributed by atoms with van der Waals surface area (Å²) in [6, 6.07) is 38.5. The van der Waals surface area contributed by atoms with Gasteiger partial charge in [0.15, 0.2) is 0 Å². The zero-order valence-corrected chi connectivity index (χ0v) is 24.6. The Kier molecular flexibility index (Phi) is 8.70. The maximum absolute atomic E-state index is 13.7. The van der Waals surface area contributed by atoms with E-state index >= 15 is 0 Å². The van der Waals surface area contributed by atoms with Gasteiger partial charge in [0.05, 0.1) is 16.7 Å². The molecule has 5 aromatic rings. The van der Waals surface area contributed by atoms with Crippen molar-refractivity contribution in [2.75, 3.05) is 19.7 Å². The predicted octanol–water partition coefficient (Wildman–Crippen LogP) is 6.66. The number of para-hydroxylation sites is 3. The average molecular weight is 575 g/mol. The normalized spacial score (nSPS) is 14.7. The van der Waals surface area contributed by atoms with Crippen LogP contribution in [0, 0.1) is 0 Å². The number of hydrogen-bond acceptors (Lipinski definition) is 4. The van der Waals surface area contributed by atoms with Crippen LogP contribution in [0.4, 0.5) is 4.79 Å². The molecule has 4 aromatic carbocycles. The lowest BCUT2D eigenvalue weighted by atomic mass is 10.0. The molecule has 0 bridgehead atoms. The Morgan fingerprint density at radius 2 is 1.28 bits per heavy atom. The second-order valence-corrected chi connectivity index (χ2v) is 11.3. The lowest BCUT2D eigenvalue weighted by Crippen LogP contribution is -2.43. The summed E-state index contributed by atoms with van der Waals surface area (Å²) in [5.74, 6) is 0. The van der Waals surface area contributed by atoms with Crippen LogP contribution in [0.2, 0.25) is 0 Å². The first-order valence-corrected chi connectivity index (χ1v) is 15.1. The van der Waals surface area contributed by atoms with Crippen molar-refractivity contribution in [1.29, 1.82) is 0 Å². The van der Waals surface area contributed by atoms with Crippen LogP contribution in [0.25, 0.3) is 16.7 Å². The molecular weight excluding hydrogens is 536 g/mol. The number of nitrogens with zero attached hydrogens (tertiary/aromatic N) is 4. The van der Waals surface area contributed by atoms with Gasteiger partial charge in [-0.05, 0) is 55.2 Å². The number of likely N-dealkylation sites (tertiary alicyclic amines) is 1. The highest BCUT2D eigenvalue weighted by Gasteiger charge is 2.29. The Morgan fingerprint density at radius 1 is 0.767 bits per heavy atom. The summed E-state index contributed by atoms with van der Waals surface area (Å²) in [4.78, 5) is 31.0. The van der Waals surface area contributed by atoms with Crippen LogP contribution in [0.5, 0.6) is 0 Å². The molecule has 1 aliphatic rings. The summed E-state index contributed by atoms with van der Waals surface area (Å²) in [6.45, 7) is 5.05. The summed E-state index contributed by atoms with van der Waals surface area (Å²) < 4.78 is 9.57. The molecule has 1 atom stereocenters. The second-order valence-electron chi connectivity index (χ2n) is 11.3. The van der Waals surface area contributed by atoms with Crippen LogP contribution in [0.3, 0.4) is 0 Å². The zero-order chi connectivity index (χ0) is 29.6. The third kappa shape index (κ3) is 6.42. The number of aromatic nitrogens is 2. The molecule has 220 valence electrons. The van der Waals surface area contributed by atoms with E-state index in [1.807, 2.05) is 71.3 Å². The molecule has 6 rings (SSSR count). The number of benzene rings is 4. The van der Waals surface area contributed by atoms with E-state index < -0.39 is 0 Å². The van der Waals surface area contributed by atoms with Gasteiger partial charge in [0.2, 0.25) is 0 Å². The van der Waals surface area contributed by atoms with Crippen LogP contribution in [-0.2, 0) is 17.8 Å². The molecule has 1 fully saturated rings. The number of rotatable bonds is 9. The smallest absolute Gasteiger partial charge is 0.409 e. The predicted molar refractivity (Wildman–Crippen MR) is 170 cm³/mol. The number of ether oxygens (including phenoxy) is 1. The van der Waals surface area contributed by atoms with Crippen LogP contribution in [-0.4, -0.2) is 50.8 Å². The van der Waals surface area contributed by atoms with E-state index in [2.05, 4.69) is 60.4 Å². The van der Waals surface area contributed by atoms with Crippen molar-refractivity contribution in [1.82, 2.24) is 18.9 Å². The molecule has 1 saturated heterocycles. The monoisotopic (exact) mass is 574 g/mol. The van der Waals surface area contributed by atoms with Crippen molar-refractivity contribution < 1.29 is 9.53 Å². The lowest BCUT2D eigenvalue weighted by Gasteiger charge is -2.33. The van der Waals surface area contributed by atoms with Crippen molar-refractivity contribution in [2.45, 2.75) is 44.9 Å². The minimum absolute atomic E-state index is 0.0116. The number of fused-ring (bicyclic) bond motifs is 1. The van der Waals surface area contributed by atoms with Crippen LogP contribution < -0.4 is 5.69 Å². The maximum atomic E-state index is 13.7. The molecule has 0 aliphatic carbocycles. The van der Waals surface area contributed by atoms with E-state index in [-0.39, 0.29) is 23.9 Å². The van der Waals surface area contributed by atoms with Gasteiger partial charge in [0.1, 0.15) is 6.61 Å².